The predicted molar refractivity (Wildman–Crippen MR) is 60.2 cm³/mol. The van der Waals surface area contributed by atoms with E-state index in [1.807, 2.05) is 30.3 Å². The van der Waals surface area contributed by atoms with E-state index >= 15 is 0 Å². The van der Waals surface area contributed by atoms with Gasteiger partial charge in [-0.05, 0) is 18.1 Å². The van der Waals surface area contributed by atoms with Crippen molar-refractivity contribution >= 4 is 16.6 Å². The van der Waals surface area contributed by atoms with Crippen LogP contribution in [-0.2, 0) is 0 Å². The molecule has 1 aromatic carbocycles. The summed E-state index contributed by atoms with van der Waals surface area (Å²) in [6, 6.07) is 9.93. The summed E-state index contributed by atoms with van der Waals surface area (Å²) in [6.45, 7) is 4.24. The van der Waals surface area contributed by atoms with Crippen molar-refractivity contribution in [2.45, 2.75) is 19.8 Å². The lowest BCUT2D eigenvalue weighted by molar-refractivity contribution is 0.830. The number of nitrogen functional groups attached to an aromatic ring is 1. The third kappa shape index (κ3) is 1.43. The molecule has 0 fully saturated rings. The quantitative estimate of drug-likeness (QED) is 0.743. The van der Waals surface area contributed by atoms with E-state index in [-0.39, 0.29) is 0 Å². The highest BCUT2D eigenvalue weighted by Crippen LogP contribution is 2.23. The van der Waals surface area contributed by atoms with Crippen LogP contribution in [0.1, 0.15) is 25.5 Å². The highest BCUT2D eigenvalue weighted by Gasteiger charge is 2.05. The van der Waals surface area contributed by atoms with Crippen LogP contribution in [0.3, 0.4) is 0 Å². The maximum atomic E-state index is 5.95. The van der Waals surface area contributed by atoms with Gasteiger partial charge in [0.1, 0.15) is 0 Å². The van der Waals surface area contributed by atoms with Gasteiger partial charge in [0.05, 0.1) is 5.52 Å². The fourth-order valence-corrected chi connectivity index (χ4v) is 1.52. The first-order valence-electron chi connectivity index (χ1n) is 4.83. The first-order valence-corrected chi connectivity index (χ1v) is 4.83. The Morgan fingerprint density at radius 3 is 2.64 bits per heavy atom. The van der Waals surface area contributed by atoms with E-state index in [0.29, 0.717) is 5.92 Å². The molecule has 0 atom stereocenters. The standard InChI is InChI=1S/C12H14N2/c1-8(2)12-7-10(13)9-5-3-4-6-11(9)14-12/h3-8H,1-2H3,(H2,13,14). The molecule has 0 aliphatic rings. The van der Waals surface area contributed by atoms with Crippen molar-refractivity contribution in [1.82, 2.24) is 4.98 Å². The minimum Gasteiger partial charge on any atom is -0.398 e. The second-order valence-electron chi connectivity index (χ2n) is 3.81. The Morgan fingerprint density at radius 2 is 1.93 bits per heavy atom. The zero-order valence-corrected chi connectivity index (χ0v) is 8.49. The molecule has 1 aromatic heterocycles. The van der Waals surface area contributed by atoms with Crippen LogP contribution in [0.4, 0.5) is 5.69 Å². The molecule has 2 aromatic rings. The largest absolute Gasteiger partial charge is 0.398 e. The van der Waals surface area contributed by atoms with Crippen LogP contribution in [0, 0.1) is 0 Å². The molecule has 0 spiro atoms. The number of aromatic nitrogens is 1. The van der Waals surface area contributed by atoms with Crippen LogP contribution in [-0.4, -0.2) is 4.98 Å². The zero-order chi connectivity index (χ0) is 10.1. The van der Waals surface area contributed by atoms with Gasteiger partial charge in [-0.15, -0.1) is 0 Å². The van der Waals surface area contributed by atoms with Gasteiger partial charge in [0, 0.05) is 16.8 Å². The fraction of sp³-hybridized carbons (Fsp3) is 0.250. The number of fused-ring (bicyclic) bond motifs is 1. The van der Waals surface area contributed by atoms with Gasteiger partial charge in [0.2, 0.25) is 0 Å². The number of pyridine rings is 1. The van der Waals surface area contributed by atoms with Crippen LogP contribution in [0.15, 0.2) is 30.3 Å². The van der Waals surface area contributed by atoms with Crippen LogP contribution in [0.2, 0.25) is 0 Å². The zero-order valence-electron chi connectivity index (χ0n) is 8.49. The Hall–Kier alpha value is -1.57. The smallest absolute Gasteiger partial charge is 0.0726 e. The van der Waals surface area contributed by atoms with E-state index in [9.17, 15) is 0 Å². The van der Waals surface area contributed by atoms with Gasteiger partial charge in [-0.2, -0.15) is 0 Å². The van der Waals surface area contributed by atoms with Gasteiger partial charge in [0.25, 0.3) is 0 Å². The number of benzene rings is 1. The summed E-state index contributed by atoms with van der Waals surface area (Å²) in [6.07, 6.45) is 0. The van der Waals surface area contributed by atoms with Crippen LogP contribution < -0.4 is 5.73 Å². The van der Waals surface area contributed by atoms with E-state index < -0.39 is 0 Å². The van der Waals surface area contributed by atoms with E-state index in [0.717, 1.165) is 22.3 Å². The lowest BCUT2D eigenvalue weighted by Crippen LogP contribution is -1.97. The number of hydrogen-bond acceptors (Lipinski definition) is 2. The number of hydrogen-bond donors (Lipinski definition) is 1. The molecule has 72 valence electrons. The summed E-state index contributed by atoms with van der Waals surface area (Å²) < 4.78 is 0. The molecule has 0 unspecified atom stereocenters. The SMILES string of the molecule is CC(C)c1cc(N)c2ccccc2n1. The minimum atomic E-state index is 0.418. The summed E-state index contributed by atoms with van der Waals surface area (Å²) in [5.74, 6) is 0.418. The molecule has 0 saturated carbocycles. The van der Waals surface area contributed by atoms with E-state index in [4.69, 9.17) is 5.73 Å². The average molecular weight is 186 g/mol. The van der Waals surface area contributed by atoms with Crippen molar-refractivity contribution in [3.63, 3.8) is 0 Å². The third-order valence-electron chi connectivity index (χ3n) is 2.36. The maximum Gasteiger partial charge on any atom is 0.0726 e. The molecule has 0 amide bonds. The third-order valence-corrected chi connectivity index (χ3v) is 2.36. The Balaban J connectivity index is 2.72. The Kier molecular flexibility index (Phi) is 2.12. The van der Waals surface area contributed by atoms with Gasteiger partial charge >= 0.3 is 0 Å². The van der Waals surface area contributed by atoms with Gasteiger partial charge < -0.3 is 5.73 Å². The van der Waals surface area contributed by atoms with Crippen molar-refractivity contribution in [2.75, 3.05) is 5.73 Å². The van der Waals surface area contributed by atoms with Gasteiger partial charge in [-0.25, -0.2) is 0 Å². The second kappa shape index (κ2) is 3.29. The van der Waals surface area contributed by atoms with Gasteiger partial charge in [-0.1, -0.05) is 32.0 Å². The highest BCUT2D eigenvalue weighted by atomic mass is 14.7. The first kappa shape index (κ1) is 9.00. The van der Waals surface area contributed by atoms with E-state index in [2.05, 4.69) is 18.8 Å². The molecule has 0 bridgehead atoms. The molecule has 0 radical (unpaired) electrons. The average Bonchev–Trinajstić information content (AvgIpc) is 2.17. The predicted octanol–water partition coefficient (Wildman–Crippen LogP) is 2.94. The summed E-state index contributed by atoms with van der Waals surface area (Å²) in [5, 5.41) is 1.04. The van der Waals surface area contributed by atoms with Gasteiger partial charge in [-0.3, -0.25) is 4.98 Å². The Bertz CT molecular complexity index is 461. The number of nitrogens with two attached hydrogens (primary N) is 1. The number of para-hydroxylation sites is 1. The molecular weight excluding hydrogens is 172 g/mol. The van der Waals surface area contributed by atoms with Crippen molar-refractivity contribution in [3.05, 3.63) is 36.0 Å². The van der Waals surface area contributed by atoms with Crippen molar-refractivity contribution in [2.24, 2.45) is 0 Å². The Morgan fingerprint density at radius 1 is 1.21 bits per heavy atom. The molecule has 0 aliphatic heterocycles. The summed E-state index contributed by atoms with van der Waals surface area (Å²) in [4.78, 5) is 4.56. The number of rotatable bonds is 1. The lowest BCUT2D eigenvalue weighted by Gasteiger charge is -2.08. The van der Waals surface area contributed by atoms with Crippen LogP contribution in [0.5, 0.6) is 0 Å². The summed E-state index contributed by atoms with van der Waals surface area (Å²) >= 11 is 0. The molecule has 14 heavy (non-hydrogen) atoms. The molecule has 1 heterocycles. The van der Waals surface area contributed by atoms with Crippen molar-refractivity contribution in [3.8, 4) is 0 Å². The summed E-state index contributed by atoms with van der Waals surface area (Å²) in [7, 11) is 0. The van der Waals surface area contributed by atoms with Gasteiger partial charge in [0.15, 0.2) is 0 Å². The molecule has 2 N–H and O–H groups in total. The fourth-order valence-electron chi connectivity index (χ4n) is 1.52. The topological polar surface area (TPSA) is 38.9 Å². The molecule has 2 nitrogen and oxygen atoms in total. The summed E-state index contributed by atoms with van der Waals surface area (Å²) in [5.41, 5.74) is 8.81. The van der Waals surface area contributed by atoms with Crippen molar-refractivity contribution in [1.29, 1.82) is 0 Å². The molecule has 2 rings (SSSR count). The number of nitrogens with zero attached hydrogens (tertiary/aromatic N) is 1. The molecular formula is C12H14N2. The maximum absolute atomic E-state index is 5.95. The Labute approximate surface area is 83.8 Å². The number of anilines is 1. The first-order chi connectivity index (χ1) is 6.68. The minimum absolute atomic E-state index is 0.418. The highest BCUT2D eigenvalue weighted by molar-refractivity contribution is 5.90. The van der Waals surface area contributed by atoms with Crippen LogP contribution in [0.25, 0.3) is 10.9 Å². The van der Waals surface area contributed by atoms with E-state index in [1.54, 1.807) is 0 Å². The molecule has 0 aliphatic carbocycles. The van der Waals surface area contributed by atoms with E-state index in [1.165, 1.54) is 0 Å². The second-order valence-corrected chi connectivity index (χ2v) is 3.81. The lowest BCUT2D eigenvalue weighted by atomic mass is 10.1. The molecule has 2 heteroatoms. The monoisotopic (exact) mass is 186 g/mol. The molecule has 0 saturated heterocycles. The normalized spacial score (nSPS) is 11.1. The van der Waals surface area contributed by atoms with Crippen molar-refractivity contribution < 1.29 is 0 Å². The van der Waals surface area contributed by atoms with Crippen LogP contribution >= 0.6 is 0 Å².